The maximum atomic E-state index is 12.6. The fraction of sp³-hybridized carbons (Fsp3) is 0.250. The summed E-state index contributed by atoms with van der Waals surface area (Å²) >= 11 is 0. The largest absolute Gasteiger partial charge is 0.487 e. The number of carboxylic acid groups (broad SMARTS) is 1. The van der Waals surface area contributed by atoms with Gasteiger partial charge in [0.2, 0.25) is 0 Å². The van der Waals surface area contributed by atoms with E-state index in [-0.39, 0.29) is 18.8 Å². The lowest BCUT2D eigenvalue weighted by molar-refractivity contribution is -0.143. The fourth-order valence-corrected chi connectivity index (χ4v) is 2.68. The van der Waals surface area contributed by atoms with Crippen LogP contribution in [0.25, 0.3) is 0 Å². The molecule has 0 saturated carbocycles. The fourth-order valence-electron chi connectivity index (χ4n) is 2.68. The average molecular weight is 354 g/mol. The Labute approximate surface area is 152 Å². The number of nitrogens with zero attached hydrogens (tertiary/aromatic N) is 1. The molecule has 0 aliphatic heterocycles. The molecule has 0 saturated heterocycles. The van der Waals surface area contributed by atoms with Gasteiger partial charge in [-0.15, -0.1) is 0 Å². The van der Waals surface area contributed by atoms with Gasteiger partial charge in [-0.2, -0.15) is 0 Å². The molecule has 1 unspecified atom stereocenters. The maximum absolute atomic E-state index is 12.6. The van der Waals surface area contributed by atoms with Gasteiger partial charge in [-0.25, -0.2) is 4.98 Å². The number of nitrogens with one attached hydrogen (secondary N) is 1. The highest BCUT2D eigenvalue weighted by Gasteiger charge is 2.39. The molecule has 1 atom stereocenters. The van der Waals surface area contributed by atoms with Gasteiger partial charge in [0, 0.05) is 12.7 Å². The number of carbonyl (C=O) groups is 2. The van der Waals surface area contributed by atoms with Crippen LogP contribution < -0.4 is 10.1 Å². The third-order valence-electron chi connectivity index (χ3n) is 4.23. The topological polar surface area (TPSA) is 88.5 Å². The van der Waals surface area contributed by atoms with Gasteiger partial charge >= 0.3 is 5.97 Å². The second-order valence-corrected chi connectivity index (χ2v) is 5.74. The molecule has 2 rings (SSSR count). The normalized spacial score (nSPS) is 12.7. The molecule has 6 heteroatoms. The highest BCUT2D eigenvalue weighted by molar-refractivity contribution is 5.95. The van der Waals surface area contributed by atoms with E-state index < -0.39 is 17.3 Å². The molecule has 1 aromatic carbocycles. The van der Waals surface area contributed by atoms with E-state index in [4.69, 9.17) is 4.74 Å². The van der Waals surface area contributed by atoms with Crippen LogP contribution in [0.5, 0.6) is 5.75 Å². The van der Waals surface area contributed by atoms with Crippen LogP contribution in [0.4, 0.5) is 0 Å². The van der Waals surface area contributed by atoms with Crippen LogP contribution in [-0.2, 0) is 10.2 Å². The van der Waals surface area contributed by atoms with Crippen LogP contribution in [0.1, 0.15) is 29.4 Å². The van der Waals surface area contributed by atoms with Gasteiger partial charge in [-0.3, -0.25) is 9.59 Å². The minimum absolute atomic E-state index is 0.0564. The molecule has 1 amide bonds. The van der Waals surface area contributed by atoms with E-state index >= 15 is 0 Å². The van der Waals surface area contributed by atoms with Crippen LogP contribution >= 0.6 is 0 Å². The molecule has 0 bridgehead atoms. The molecule has 0 aliphatic rings. The van der Waals surface area contributed by atoms with Crippen LogP contribution in [0.3, 0.4) is 0 Å². The second-order valence-electron chi connectivity index (χ2n) is 5.74. The highest BCUT2D eigenvalue weighted by Crippen LogP contribution is 2.28. The van der Waals surface area contributed by atoms with Crippen LogP contribution in [-0.4, -0.2) is 35.1 Å². The number of benzene rings is 1. The molecule has 0 spiro atoms. The second kappa shape index (κ2) is 8.80. The summed E-state index contributed by atoms with van der Waals surface area (Å²) in [6, 6.07) is 12.2. The first-order valence-electron chi connectivity index (χ1n) is 8.31. The Morgan fingerprint density at radius 3 is 2.62 bits per heavy atom. The van der Waals surface area contributed by atoms with E-state index in [0.717, 1.165) is 0 Å². The number of carbonyl (C=O) groups excluding carboxylic acids is 1. The third-order valence-corrected chi connectivity index (χ3v) is 4.23. The van der Waals surface area contributed by atoms with Crippen molar-refractivity contribution in [3.63, 3.8) is 0 Å². The van der Waals surface area contributed by atoms with Crippen molar-refractivity contribution in [3.05, 3.63) is 72.6 Å². The number of carboxylic acids is 1. The standard InChI is InChI=1S/C20H22N2O4/c1-3-13-26-16-11-8-12-21-17(16)18(23)22-14-20(4-2,19(24)25)15-9-6-5-7-10-15/h3,5-12H,1,4,13-14H2,2H3,(H,22,23)(H,24,25). The van der Waals surface area contributed by atoms with Crippen LogP contribution in [0.15, 0.2) is 61.3 Å². The monoisotopic (exact) mass is 354 g/mol. The van der Waals surface area contributed by atoms with E-state index in [1.807, 2.05) is 6.07 Å². The molecule has 136 valence electrons. The molecule has 0 fully saturated rings. The van der Waals surface area contributed by atoms with Crippen molar-refractivity contribution in [2.24, 2.45) is 0 Å². The molecule has 2 N–H and O–H groups in total. The zero-order valence-electron chi connectivity index (χ0n) is 14.6. The number of amides is 1. The Bertz CT molecular complexity index is 776. The zero-order chi connectivity index (χ0) is 19.0. The number of hydrogen-bond donors (Lipinski definition) is 2. The number of rotatable bonds is 9. The van der Waals surface area contributed by atoms with Crippen molar-refractivity contribution in [1.82, 2.24) is 10.3 Å². The first-order chi connectivity index (χ1) is 12.5. The van der Waals surface area contributed by atoms with Gasteiger partial charge in [0.25, 0.3) is 5.91 Å². The van der Waals surface area contributed by atoms with Crippen LogP contribution in [0.2, 0.25) is 0 Å². The lowest BCUT2D eigenvalue weighted by Crippen LogP contribution is -2.46. The SMILES string of the molecule is C=CCOc1cccnc1C(=O)NCC(CC)(C(=O)O)c1ccccc1. The van der Waals surface area contributed by atoms with Crippen molar-refractivity contribution >= 4 is 11.9 Å². The summed E-state index contributed by atoms with van der Waals surface area (Å²) in [5, 5.41) is 12.5. The molecular formula is C20H22N2O4. The van der Waals surface area contributed by atoms with Gasteiger partial charge in [0.05, 0.1) is 0 Å². The molecule has 26 heavy (non-hydrogen) atoms. The van der Waals surface area contributed by atoms with E-state index in [2.05, 4.69) is 16.9 Å². The molecule has 2 aromatic rings. The summed E-state index contributed by atoms with van der Waals surface area (Å²) in [6.07, 6.45) is 3.38. The maximum Gasteiger partial charge on any atom is 0.315 e. The molecule has 6 nitrogen and oxygen atoms in total. The Morgan fingerprint density at radius 1 is 1.27 bits per heavy atom. The van der Waals surface area contributed by atoms with Crippen molar-refractivity contribution < 1.29 is 19.4 Å². The van der Waals surface area contributed by atoms with Crippen molar-refractivity contribution in [3.8, 4) is 5.75 Å². The number of aromatic nitrogens is 1. The third kappa shape index (κ3) is 4.08. The number of ether oxygens (including phenoxy) is 1. The summed E-state index contributed by atoms with van der Waals surface area (Å²) in [5.74, 6) is -1.16. The highest BCUT2D eigenvalue weighted by atomic mass is 16.5. The van der Waals surface area contributed by atoms with Gasteiger partial charge < -0.3 is 15.2 Å². The summed E-state index contributed by atoms with van der Waals surface area (Å²) in [7, 11) is 0. The molecule has 0 radical (unpaired) electrons. The predicted molar refractivity (Wildman–Crippen MR) is 98.3 cm³/mol. The van der Waals surface area contributed by atoms with E-state index in [0.29, 0.717) is 17.7 Å². The summed E-state index contributed by atoms with van der Waals surface area (Å²) in [4.78, 5) is 28.6. The van der Waals surface area contributed by atoms with Crippen molar-refractivity contribution in [2.75, 3.05) is 13.2 Å². The lowest BCUT2D eigenvalue weighted by atomic mass is 9.78. The Morgan fingerprint density at radius 2 is 2.00 bits per heavy atom. The van der Waals surface area contributed by atoms with Crippen molar-refractivity contribution in [1.29, 1.82) is 0 Å². The lowest BCUT2D eigenvalue weighted by Gasteiger charge is -2.29. The average Bonchev–Trinajstić information content (AvgIpc) is 2.68. The number of aliphatic carboxylic acids is 1. The van der Waals surface area contributed by atoms with Crippen molar-refractivity contribution in [2.45, 2.75) is 18.8 Å². The first kappa shape index (κ1) is 19.2. The van der Waals surface area contributed by atoms with Crippen LogP contribution in [0, 0.1) is 0 Å². The van der Waals surface area contributed by atoms with Gasteiger partial charge in [-0.05, 0) is 24.1 Å². The predicted octanol–water partition coefficient (Wildman–Crippen LogP) is 2.81. The zero-order valence-corrected chi connectivity index (χ0v) is 14.6. The van der Waals surface area contributed by atoms with E-state index in [1.54, 1.807) is 49.4 Å². The van der Waals surface area contributed by atoms with E-state index in [1.165, 1.54) is 6.20 Å². The summed E-state index contributed by atoms with van der Waals surface area (Å²) in [6.45, 7) is 5.54. The van der Waals surface area contributed by atoms with E-state index in [9.17, 15) is 14.7 Å². The van der Waals surface area contributed by atoms with Gasteiger partial charge in [-0.1, -0.05) is 49.9 Å². The molecule has 1 heterocycles. The molecule has 0 aliphatic carbocycles. The quantitative estimate of drug-likeness (QED) is 0.676. The molecule has 1 aromatic heterocycles. The van der Waals surface area contributed by atoms with Gasteiger partial charge in [0.1, 0.15) is 12.0 Å². The Balaban J connectivity index is 2.23. The summed E-state index contributed by atoms with van der Waals surface area (Å²) < 4.78 is 5.44. The number of hydrogen-bond acceptors (Lipinski definition) is 4. The Hall–Kier alpha value is -3.15. The number of pyridine rings is 1. The summed E-state index contributed by atoms with van der Waals surface area (Å²) in [5.41, 5.74) is -0.467. The van der Waals surface area contributed by atoms with Gasteiger partial charge in [0.15, 0.2) is 11.4 Å². The smallest absolute Gasteiger partial charge is 0.315 e. The minimum atomic E-state index is -1.21. The first-order valence-corrected chi connectivity index (χ1v) is 8.31. The minimum Gasteiger partial charge on any atom is -0.487 e. The Kier molecular flexibility index (Phi) is 6.49. The molecular weight excluding hydrogens is 332 g/mol.